The van der Waals surface area contributed by atoms with Crippen LogP contribution >= 0.6 is 0 Å². The highest BCUT2D eigenvalue weighted by molar-refractivity contribution is 5.91. The Hall–Kier alpha value is -2.55. The van der Waals surface area contributed by atoms with Crippen LogP contribution in [0.4, 0.5) is 5.69 Å². The summed E-state index contributed by atoms with van der Waals surface area (Å²) in [5, 5.41) is 0. The molecular weight excluding hydrogens is 260 g/mol. The van der Waals surface area contributed by atoms with Gasteiger partial charge in [-0.1, -0.05) is 42.5 Å². The molecule has 0 bridgehead atoms. The van der Waals surface area contributed by atoms with Crippen LogP contribution in [0.3, 0.4) is 0 Å². The molecule has 0 radical (unpaired) electrons. The Morgan fingerprint density at radius 2 is 1.90 bits per heavy atom. The second-order valence-corrected chi connectivity index (χ2v) is 5.00. The number of nitrogens with zero attached hydrogens (tertiary/aromatic N) is 1. The van der Waals surface area contributed by atoms with Crippen LogP contribution in [0.2, 0.25) is 0 Å². The van der Waals surface area contributed by atoms with E-state index in [1.165, 1.54) is 5.56 Å². The molecule has 0 saturated carbocycles. The molecule has 3 heteroatoms. The molecule has 0 saturated heterocycles. The second kappa shape index (κ2) is 7.29. The fourth-order valence-electron chi connectivity index (χ4n) is 2.01. The molecule has 0 aromatic heterocycles. The number of nitrogens with two attached hydrogens (primary N) is 1. The Morgan fingerprint density at radius 1 is 1.14 bits per heavy atom. The lowest BCUT2D eigenvalue weighted by atomic mass is 10.1. The number of hydrogen-bond donors (Lipinski definition) is 1. The minimum absolute atomic E-state index is 0.00615. The quantitative estimate of drug-likeness (QED) is 0.676. The van der Waals surface area contributed by atoms with Crippen molar-refractivity contribution in [2.75, 3.05) is 19.3 Å². The number of nitrogen functional groups attached to an aromatic ring is 1. The first-order chi connectivity index (χ1) is 10.1. The van der Waals surface area contributed by atoms with E-state index in [1.54, 1.807) is 17.1 Å². The van der Waals surface area contributed by atoms with Crippen molar-refractivity contribution >= 4 is 17.7 Å². The summed E-state index contributed by atoms with van der Waals surface area (Å²) < 4.78 is 0. The highest BCUT2D eigenvalue weighted by atomic mass is 16.2. The minimum atomic E-state index is -0.00615. The zero-order valence-corrected chi connectivity index (χ0v) is 12.2. The molecule has 2 N–H and O–H groups in total. The third-order valence-electron chi connectivity index (χ3n) is 3.28. The van der Waals surface area contributed by atoms with Gasteiger partial charge < -0.3 is 10.6 Å². The fourth-order valence-corrected chi connectivity index (χ4v) is 2.01. The molecule has 0 aliphatic heterocycles. The predicted octanol–water partition coefficient (Wildman–Crippen LogP) is 2.98. The molecule has 0 aliphatic rings. The Balaban J connectivity index is 1.88. The topological polar surface area (TPSA) is 46.3 Å². The number of carbonyl (C=O) groups is 1. The molecule has 2 aromatic carbocycles. The SMILES string of the molecule is CN(CCc1ccccc1)C(=O)/C=C/c1cccc(N)c1. The van der Waals surface area contributed by atoms with E-state index in [9.17, 15) is 4.79 Å². The lowest BCUT2D eigenvalue weighted by Crippen LogP contribution is -2.27. The van der Waals surface area contributed by atoms with Crippen LogP contribution in [-0.2, 0) is 11.2 Å². The number of amides is 1. The summed E-state index contributed by atoms with van der Waals surface area (Å²) in [6.07, 6.45) is 4.23. The van der Waals surface area contributed by atoms with E-state index >= 15 is 0 Å². The average Bonchev–Trinajstić information content (AvgIpc) is 2.51. The first-order valence-corrected chi connectivity index (χ1v) is 6.98. The van der Waals surface area contributed by atoms with Gasteiger partial charge in [-0.25, -0.2) is 0 Å². The maximum atomic E-state index is 12.0. The van der Waals surface area contributed by atoms with Crippen molar-refractivity contribution in [2.45, 2.75) is 6.42 Å². The third kappa shape index (κ3) is 4.80. The van der Waals surface area contributed by atoms with Crippen LogP contribution < -0.4 is 5.73 Å². The monoisotopic (exact) mass is 280 g/mol. The maximum Gasteiger partial charge on any atom is 0.246 e. The molecule has 2 aromatic rings. The van der Waals surface area contributed by atoms with E-state index in [0.29, 0.717) is 12.2 Å². The van der Waals surface area contributed by atoms with Gasteiger partial charge in [0, 0.05) is 25.4 Å². The van der Waals surface area contributed by atoms with Crippen LogP contribution in [0.25, 0.3) is 6.08 Å². The first-order valence-electron chi connectivity index (χ1n) is 6.98. The lowest BCUT2D eigenvalue weighted by molar-refractivity contribution is -0.124. The van der Waals surface area contributed by atoms with Gasteiger partial charge in [0.05, 0.1) is 0 Å². The van der Waals surface area contributed by atoms with Gasteiger partial charge in [0.2, 0.25) is 5.91 Å². The molecule has 0 heterocycles. The predicted molar refractivity (Wildman–Crippen MR) is 87.7 cm³/mol. The van der Waals surface area contributed by atoms with Crippen LogP contribution in [0.1, 0.15) is 11.1 Å². The molecule has 2 rings (SSSR count). The smallest absolute Gasteiger partial charge is 0.246 e. The number of rotatable bonds is 5. The molecule has 0 aliphatic carbocycles. The summed E-state index contributed by atoms with van der Waals surface area (Å²) in [5.74, 6) is -0.00615. The van der Waals surface area contributed by atoms with Crippen LogP contribution in [0.5, 0.6) is 0 Å². The van der Waals surface area contributed by atoms with Gasteiger partial charge in [-0.05, 0) is 35.8 Å². The van der Waals surface area contributed by atoms with Gasteiger partial charge in [-0.3, -0.25) is 4.79 Å². The van der Waals surface area contributed by atoms with Crippen LogP contribution in [0, 0.1) is 0 Å². The van der Waals surface area contributed by atoms with Gasteiger partial charge >= 0.3 is 0 Å². The average molecular weight is 280 g/mol. The van der Waals surface area contributed by atoms with Crippen LogP contribution in [0.15, 0.2) is 60.7 Å². The molecule has 0 unspecified atom stereocenters. The summed E-state index contributed by atoms with van der Waals surface area (Å²) in [4.78, 5) is 13.7. The Bertz CT molecular complexity index is 620. The first kappa shape index (κ1) is 14.9. The minimum Gasteiger partial charge on any atom is -0.399 e. The summed E-state index contributed by atoms with van der Waals surface area (Å²) in [7, 11) is 1.81. The van der Waals surface area contributed by atoms with Gasteiger partial charge in [-0.2, -0.15) is 0 Å². The number of anilines is 1. The number of hydrogen-bond acceptors (Lipinski definition) is 2. The third-order valence-corrected chi connectivity index (χ3v) is 3.28. The summed E-state index contributed by atoms with van der Waals surface area (Å²) in [6, 6.07) is 17.6. The molecule has 0 fully saturated rings. The van der Waals surface area contributed by atoms with Gasteiger partial charge in [0.15, 0.2) is 0 Å². The maximum absolute atomic E-state index is 12.0. The largest absolute Gasteiger partial charge is 0.399 e. The van der Waals surface area contributed by atoms with Crippen molar-refractivity contribution in [3.63, 3.8) is 0 Å². The van der Waals surface area contributed by atoms with E-state index < -0.39 is 0 Å². The van der Waals surface area contributed by atoms with E-state index in [2.05, 4.69) is 12.1 Å². The van der Waals surface area contributed by atoms with Crippen molar-refractivity contribution in [1.29, 1.82) is 0 Å². The summed E-state index contributed by atoms with van der Waals surface area (Å²) in [6.45, 7) is 0.699. The zero-order valence-electron chi connectivity index (χ0n) is 12.2. The summed E-state index contributed by atoms with van der Waals surface area (Å²) in [5.41, 5.74) is 8.57. The fraction of sp³-hybridized carbons (Fsp3) is 0.167. The number of carbonyl (C=O) groups excluding carboxylic acids is 1. The molecule has 0 spiro atoms. The van der Waals surface area contributed by atoms with Crippen molar-refractivity contribution < 1.29 is 4.79 Å². The number of benzene rings is 2. The molecule has 21 heavy (non-hydrogen) atoms. The Kier molecular flexibility index (Phi) is 5.16. The zero-order chi connectivity index (χ0) is 15.1. The van der Waals surface area contributed by atoms with E-state index in [1.807, 2.05) is 49.5 Å². The van der Waals surface area contributed by atoms with E-state index in [0.717, 1.165) is 12.0 Å². The molecule has 108 valence electrons. The van der Waals surface area contributed by atoms with Gasteiger partial charge in [0.25, 0.3) is 0 Å². The molecule has 1 amide bonds. The Labute approximate surface area is 125 Å². The number of likely N-dealkylation sites (N-methyl/N-ethyl adjacent to an activating group) is 1. The van der Waals surface area contributed by atoms with E-state index in [4.69, 9.17) is 5.73 Å². The van der Waals surface area contributed by atoms with E-state index in [-0.39, 0.29) is 5.91 Å². The standard InChI is InChI=1S/C18H20N2O/c1-20(13-12-15-6-3-2-4-7-15)18(21)11-10-16-8-5-9-17(19)14-16/h2-11,14H,12-13,19H2,1H3/b11-10+. The van der Waals surface area contributed by atoms with Gasteiger partial charge in [-0.15, -0.1) is 0 Å². The Morgan fingerprint density at radius 3 is 2.62 bits per heavy atom. The van der Waals surface area contributed by atoms with Crippen molar-refractivity contribution in [2.24, 2.45) is 0 Å². The summed E-state index contributed by atoms with van der Waals surface area (Å²) >= 11 is 0. The lowest BCUT2D eigenvalue weighted by Gasteiger charge is -2.14. The second-order valence-electron chi connectivity index (χ2n) is 5.00. The van der Waals surface area contributed by atoms with Crippen LogP contribution in [-0.4, -0.2) is 24.4 Å². The van der Waals surface area contributed by atoms with Crippen molar-refractivity contribution in [3.8, 4) is 0 Å². The molecular formula is C18H20N2O. The highest BCUT2D eigenvalue weighted by Crippen LogP contribution is 2.08. The van der Waals surface area contributed by atoms with Crippen molar-refractivity contribution in [1.82, 2.24) is 4.90 Å². The molecule has 3 nitrogen and oxygen atoms in total. The normalized spacial score (nSPS) is 10.7. The molecule has 0 atom stereocenters. The highest BCUT2D eigenvalue weighted by Gasteiger charge is 2.04. The van der Waals surface area contributed by atoms with Crippen molar-refractivity contribution in [3.05, 3.63) is 71.8 Å². The van der Waals surface area contributed by atoms with Gasteiger partial charge in [0.1, 0.15) is 0 Å².